The third-order valence-corrected chi connectivity index (χ3v) is 3.35. The van der Waals surface area contributed by atoms with Gasteiger partial charge in [0.05, 0.1) is 18.4 Å². The number of hydrogen-bond acceptors (Lipinski definition) is 3. The van der Waals surface area contributed by atoms with E-state index < -0.39 is 0 Å². The van der Waals surface area contributed by atoms with E-state index in [1.165, 1.54) is 10.2 Å². The van der Waals surface area contributed by atoms with E-state index >= 15 is 0 Å². The molecule has 4 nitrogen and oxygen atoms in total. The van der Waals surface area contributed by atoms with Gasteiger partial charge in [-0.3, -0.25) is 4.79 Å². The average molecular weight is 285 g/mol. The van der Waals surface area contributed by atoms with Gasteiger partial charge in [-0.05, 0) is 23.5 Å². The molecule has 112 valence electrons. The summed E-state index contributed by atoms with van der Waals surface area (Å²) in [5.41, 5.74) is 3.09. The molecule has 0 amide bonds. The first kappa shape index (κ1) is 15.3. The third-order valence-electron chi connectivity index (χ3n) is 3.35. The van der Waals surface area contributed by atoms with Crippen LogP contribution < -0.4 is 10.9 Å². The van der Waals surface area contributed by atoms with Crippen LogP contribution >= 0.6 is 0 Å². The Balaban J connectivity index is 2.08. The summed E-state index contributed by atoms with van der Waals surface area (Å²) < 4.78 is 1.49. The lowest BCUT2D eigenvalue weighted by atomic mass is 10.1. The molecule has 0 saturated carbocycles. The third kappa shape index (κ3) is 4.45. The molecular weight excluding hydrogens is 262 g/mol. The number of aryl methyl sites for hydroxylation is 1. The number of nitrogens with one attached hydrogen (secondary N) is 1. The van der Waals surface area contributed by atoms with Crippen molar-refractivity contribution < 1.29 is 0 Å². The van der Waals surface area contributed by atoms with Gasteiger partial charge in [0.1, 0.15) is 0 Å². The molecule has 21 heavy (non-hydrogen) atoms. The standard InChI is InChI=1S/C17H23N3O/c1-4-14-5-7-15(8-6-14)12-20-17(21)9-16(11-19-20)18-10-13(2)3/h5-9,11,13,18H,4,10,12H2,1-3H3. The minimum absolute atomic E-state index is 0.0803. The fraction of sp³-hybridized carbons (Fsp3) is 0.412. The van der Waals surface area contributed by atoms with Gasteiger partial charge in [-0.15, -0.1) is 0 Å². The maximum absolute atomic E-state index is 12.1. The van der Waals surface area contributed by atoms with Gasteiger partial charge in [-0.2, -0.15) is 5.10 Å². The van der Waals surface area contributed by atoms with Crippen molar-refractivity contribution in [1.29, 1.82) is 0 Å². The number of hydrogen-bond donors (Lipinski definition) is 1. The second-order valence-electron chi connectivity index (χ2n) is 5.68. The molecule has 0 saturated heterocycles. The second-order valence-corrected chi connectivity index (χ2v) is 5.68. The van der Waals surface area contributed by atoms with E-state index in [-0.39, 0.29) is 5.56 Å². The molecule has 4 heteroatoms. The molecule has 0 spiro atoms. The quantitative estimate of drug-likeness (QED) is 0.887. The van der Waals surface area contributed by atoms with Crippen molar-refractivity contribution in [2.45, 2.75) is 33.7 Å². The Morgan fingerprint density at radius 2 is 1.86 bits per heavy atom. The zero-order valence-electron chi connectivity index (χ0n) is 13.0. The van der Waals surface area contributed by atoms with Crippen LogP contribution in [-0.2, 0) is 13.0 Å². The Hall–Kier alpha value is -2.10. The van der Waals surface area contributed by atoms with Crippen molar-refractivity contribution in [3.63, 3.8) is 0 Å². The number of rotatable bonds is 6. The van der Waals surface area contributed by atoms with Crippen molar-refractivity contribution >= 4 is 5.69 Å². The van der Waals surface area contributed by atoms with Crippen molar-refractivity contribution in [1.82, 2.24) is 9.78 Å². The van der Waals surface area contributed by atoms with E-state index in [1.54, 1.807) is 12.3 Å². The van der Waals surface area contributed by atoms with Crippen molar-refractivity contribution in [3.8, 4) is 0 Å². The minimum atomic E-state index is -0.0803. The lowest BCUT2D eigenvalue weighted by molar-refractivity contribution is 0.637. The molecule has 0 radical (unpaired) electrons. The first-order valence-corrected chi connectivity index (χ1v) is 7.47. The van der Waals surface area contributed by atoms with Crippen LogP contribution in [0.5, 0.6) is 0 Å². The molecule has 0 fully saturated rings. The van der Waals surface area contributed by atoms with E-state index in [4.69, 9.17) is 0 Å². The van der Waals surface area contributed by atoms with E-state index in [0.717, 1.165) is 24.2 Å². The van der Waals surface area contributed by atoms with E-state index in [2.05, 4.69) is 55.5 Å². The molecular formula is C17H23N3O. The number of benzene rings is 1. The summed E-state index contributed by atoms with van der Waals surface area (Å²) in [6.07, 6.45) is 2.74. The first-order chi connectivity index (χ1) is 10.1. The monoisotopic (exact) mass is 285 g/mol. The SMILES string of the molecule is CCc1ccc(Cn2ncc(NCC(C)C)cc2=O)cc1. The predicted octanol–water partition coefficient (Wildman–Crippen LogP) is 2.92. The highest BCUT2D eigenvalue weighted by Gasteiger charge is 2.02. The summed E-state index contributed by atoms with van der Waals surface area (Å²) in [6.45, 7) is 7.73. The molecule has 0 unspecified atom stereocenters. The van der Waals surface area contributed by atoms with Crippen LogP contribution in [0, 0.1) is 5.92 Å². The molecule has 0 aliphatic heterocycles. The normalized spacial score (nSPS) is 10.9. The topological polar surface area (TPSA) is 46.9 Å². The maximum atomic E-state index is 12.1. The summed E-state index contributed by atoms with van der Waals surface area (Å²) in [6, 6.07) is 9.91. The molecule has 0 aliphatic rings. The van der Waals surface area contributed by atoms with Gasteiger partial charge < -0.3 is 5.32 Å². The first-order valence-electron chi connectivity index (χ1n) is 7.47. The van der Waals surface area contributed by atoms with Crippen LogP contribution in [0.4, 0.5) is 5.69 Å². The van der Waals surface area contributed by atoms with Crippen LogP contribution in [-0.4, -0.2) is 16.3 Å². The second kappa shape index (κ2) is 7.07. The van der Waals surface area contributed by atoms with Crippen LogP contribution in [0.3, 0.4) is 0 Å². The fourth-order valence-electron chi connectivity index (χ4n) is 2.02. The maximum Gasteiger partial charge on any atom is 0.269 e. The zero-order chi connectivity index (χ0) is 15.2. The van der Waals surface area contributed by atoms with Crippen molar-refractivity contribution in [2.24, 2.45) is 5.92 Å². The molecule has 0 aliphatic carbocycles. The molecule has 2 rings (SSSR count). The van der Waals surface area contributed by atoms with Gasteiger partial charge in [0.25, 0.3) is 5.56 Å². The van der Waals surface area contributed by atoms with Gasteiger partial charge in [-0.1, -0.05) is 45.0 Å². The van der Waals surface area contributed by atoms with E-state index in [0.29, 0.717) is 12.5 Å². The van der Waals surface area contributed by atoms with Crippen LogP contribution in [0.15, 0.2) is 41.3 Å². The lowest BCUT2D eigenvalue weighted by Gasteiger charge is -2.10. The summed E-state index contributed by atoms with van der Waals surface area (Å²) in [5, 5.41) is 7.45. The van der Waals surface area contributed by atoms with E-state index in [1.807, 2.05) is 0 Å². The Kier molecular flexibility index (Phi) is 5.14. The van der Waals surface area contributed by atoms with Crippen LogP contribution in [0.25, 0.3) is 0 Å². The van der Waals surface area contributed by atoms with Gasteiger partial charge >= 0.3 is 0 Å². The number of aromatic nitrogens is 2. The molecule has 1 aromatic heterocycles. The number of nitrogens with zero attached hydrogens (tertiary/aromatic N) is 2. The highest BCUT2D eigenvalue weighted by atomic mass is 16.1. The Morgan fingerprint density at radius 1 is 1.19 bits per heavy atom. The summed E-state index contributed by atoms with van der Waals surface area (Å²) in [4.78, 5) is 12.1. The zero-order valence-corrected chi connectivity index (χ0v) is 13.0. The average Bonchev–Trinajstić information content (AvgIpc) is 2.48. The Morgan fingerprint density at radius 3 is 2.43 bits per heavy atom. The fourth-order valence-corrected chi connectivity index (χ4v) is 2.02. The van der Waals surface area contributed by atoms with Crippen molar-refractivity contribution in [2.75, 3.05) is 11.9 Å². The molecule has 1 N–H and O–H groups in total. The minimum Gasteiger partial charge on any atom is -0.383 e. The van der Waals surface area contributed by atoms with Gasteiger partial charge in [-0.25, -0.2) is 4.68 Å². The van der Waals surface area contributed by atoms with Gasteiger partial charge in [0.15, 0.2) is 0 Å². The molecule has 1 heterocycles. The smallest absolute Gasteiger partial charge is 0.269 e. The summed E-state index contributed by atoms with van der Waals surface area (Å²) >= 11 is 0. The molecule has 1 aromatic carbocycles. The predicted molar refractivity (Wildman–Crippen MR) is 86.7 cm³/mol. The van der Waals surface area contributed by atoms with Crippen LogP contribution in [0.1, 0.15) is 31.9 Å². The Labute approximate surface area is 125 Å². The molecule has 2 aromatic rings. The van der Waals surface area contributed by atoms with E-state index in [9.17, 15) is 4.79 Å². The van der Waals surface area contributed by atoms with Gasteiger partial charge in [0, 0.05) is 12.6 Å². The molecule has 0 atom stereocenters. The Bertz CT molecular complexity index is 629. The lowest BCUT2D eigenvalue weighted by Crippen LogP contribution is -2.23. The van der Waals surface area contributed by atoms with Crippen LogP contribution in [0.2, 0.25) is 0 Å². The van der Waals surface area contributed by atoms with Crippen molar-refractivity contribution in [3.05, 3.63) is 58.0 Å². The highest BCUT2D eigenvalue weighted by molar-refractivity contribution is 5.38. The summed E-state index contributed by atoms with van der Waals surface area (Å²) in [5.74, 6) is 0.532. The number of anilines is 1. The largest absolute Gasteiger partial charge is 0.383 e. The highest BCUT2D eigenvalue weighted by Crippen LogP contribution is 2.07. The molecule has 0 bridgehead atoms. The van der Waals surface area contributed by atoms with Gasteiger partial charge in [0.2, 0.25) is 0 Å². The summed E-state index contributed by atoms with van der Waals surface area (Å²) in [7, 11) is 0.